The lowest BCUT2D eigenvalue weighted by Crippen LogP contribution is -2.01. The minimum absolute atomic E-state index is 0.353. The molecule has 0 aliphatic rings. The fourth-order valence-electron chi connectivity index (χ4n) is 2.86. The van der Waals surface area contributed by atoms with Crippen molar-refractivity contribution >= 4 is 21.9 Å². The van der Waals surface area contributed by atoms with Crippen molar-refractivity contribution in [1.82, 2.24) is 0 Å². The second-order valence-electron chi connectivity index (χ2n) is 5.38. The average Bonchev–Trinajstić information content (AvgIpc) is 2.97. The first kappa shape index (κ1) is 13.8. The molecule has 0 spiro atoms. The van der Waals surface area contributed by atoms with Gasteiger partial charge in [-0.25, -0.2) is 4.79 Å². The summed E-state index contributed by atoms with van der Waals surface area (Å²) in [5.41, 5.74) is 3.70. The van der Waals surface area contributed by atoms with E-state index in [2.05, 4.69) is 0 Å². The van der Waals surface area contributed by atoms with Crippen LogP contribution in [0.2, 0.25) is 0 Å². The van der Waals surface area contributed by atoms with Crippen molar-refractivity contribution in [2.24, 2.45) is 0 Å². The maximum Gasteiger partial charge on any atom is 0.336 e. The van der Waals surface area contributed by atoms with Crippen LogP contribution in [0.1, 0.15) is 5.56 Å². The molecule has 4 aromatic rings. The highest BCUT2D eigenvalue weighted by molar-refractivity contribution is 6.02. The Bertz CT molecular complexity index is 1040. The Balaban J connectivity index is 2.03. The molecule has 0 saturated carbocycles. The molecule has 0 N–H and O–H groups in total. The Morgan fingerprint density at radius 2 is 1.83 bits per heavy atom. The number of fused-ring (bicyclic) bond motifs is 2. The van der Waals surface area contributed by atoms with Gasteiger partial charge in [0.2, 0.25) is 0 Å². The van der Waals surface area contributed by atoms with E-state index in [9.17, 15) is 4.79 Å². The summed E-state index contributed by atoms with van der Waals surface area (Å²) < 4.78 is 16.2. The largest absolute Gasteiger partial charge is 0.464 e. The van der Waals surface area contributed by atoms with Crippen molar-refractivity contribution in [3.05, 3.63) is 70.8 Å². The van der Waals surface area contributed by atoms with Gasteiger partial charge in [-0.05, 0) is 17.2 Å². The molecule has 0 saturated heterocycles. The number of benzene rings is 2. The van der Waals surface area contributed by atoms with E-state index in [0.29, 0.717) is 17.8 Å². The predicted molar refractivity (Wildman–Crippen MR) is 88.4 cm³/mol. The summed E-state index contributed by atoms with van der Waals surface area (Å²) in [5, 5.41) is 1.84. The molecule has 0 radical (unpaired) electrons. The van der Waals surface area contributed by atoms with Crippen molar-refractivity contribution in [2.45, 2.75) is 6.61 Å². The first-order valence-corrected chi connectivity index (χ1v) is 7.28. The highest BCUT2D eigenvalue weighted by atomic mass is 16.5. The predicted octanol–water partition coefficient (Wildman–Crippen LogP) is 4.35. The Morgan fingerprint density at radius 3 is 2.61 bits per heavy atom. The lowest BCUT2D eigenvalue weighted by atomic mass is 10.0. The minimum Gasteiger partial charge on any atom is -0.464 e. The van der Waals surface area contributed by atoms with Crippen LogP contribution in [0.25, 0.3) is 33.1 Å². The second-order valence-corrected chi connectivity index (χ2v) is 5.38. The van der Waals surface area contributed by atoms with E-state index in [1.54, 1.807) is 19.4 Å². The summed E-state index contributed by atoms with van der Waals surface area (Å²) in [5.74, 6) is 0. The maximum atomic E-state index is 11.7. The molecule has 0 fully saturated rings. The maximum absolute atomic E-state index is 11.7. The highest BCUT2D eigenvalue weighted by Gasteiger charge is 2.13. The molecule has 0 bridgehead atoms. The molecule has 0 amide bonds. The lowest BCUT2D eigenvalue weighted by Gasteiger charge is -2.05. The average molecular weight is 306 g/mol. The van der Waals surface area contributed by atoms with Gasteiger partial charge < -0.3 is 13.6 Å². The molecule has 4 nitrogen and oxygen atoms in total. The van der Waals surface area contributed by atoms with Gasteiger partial charge in [-0.15, -0.1) is 0 Å². The molecule has 0 unspecified atom stereocenters. The molecule has 4 rings (SSSR count). The zero-order chi connectivity index (χ0) is 15.8. The van der Waals surface area contributed by atoms with Gasteiger partial charge in [0.15, 0.2) is 0 Å². The van der Waals surface area contributed by atoms with E-state index in [1.165, 1.54) is 6.07 Å². The van der Waals surface area contributed by atoms with E-state index in [4.69, 9.17) is 13.6 Å². The van der Waals surface area contributed by atoms with Gasteiger partial charge in [-0.3, -0.25) is 0 Å². The third kappa shape index (κ3) is 2.33. The van der Waals surface area contributed by atoms with Crippen LogP contribution in [-0.4, -0.2) is 7.11 Å². The zero-order valence-electron chi connectivity index (χ0n) is 12.5. The first-order chi connectivity index (χ1) is 11.3. The molecule has 0 atom stereocenters. The molecule has 2 heterocycles. The normalized spacial score (nSPS) is 11.3. The second kappa shape index (κ2) is 5.41. The summed E-state index contributed by atoms with van der Waals surface area (Å²) in [6.07, 6.45) is 1.73. The number of rotatable bonds is 3. The Hall–Kier alpha value is -2.85. The van der Waals surface area contributed by atoms with Crippen molar-refractivity contribution in [1.29, 1.82) is 0 Å². The third-order valence-electron chi connectivity index (χ3n) is 3.91. The van der Waals surface area contributed by atoms with Crippen LogP contribution in [0.15, 0.2) is 68.4 Å². The van der Waals surface area contributed by atoms with Crippen molar-refractivity contribution in [3.63, 3.8) is 0 Å². The van der Waals surface area contributed by atoms with Gasteiger partial charge in [0.05, 0.1) is 12.9 Å². The molecular weight excluding hydrogens is 292 g/mol. The summed E-state index contributed by atoms with van der Waals surface area (Å²) in [7, 11) is 1.60. The number of furan rings is 1. The van der Waals surface area contributed by atoms with Gasteiger partial charge in [0, 0.05) is 35.6 Å². The van der Waals surface area contributed by atoms with Crippen molar-refractivity contribution in [3.8, 4) is 11.1 Å². The molecule has 114 valence electrons. The van der Waals surface area contributed by atoms with E-state index < -0.39 is 5.63 Å². The van der Waals surface area contributed by atoms with E-state index in [-0.39, 0.29) is 0 Å². The number of methoxy groups -OCH3 is 1. The Morgan fingerprint density at radius 1 is 1.00 bits per heavy atom. The summed E-state index contributed by atoms with van der Waals surface area (Å²) in [6, 6.07) is 15.3. The van der Waals surface area contributed by atoms with Crippen LogP contribution >= 0.6 is 0 Å². The fourth-order valence-corrected chi connectivity index (χ4v) is 2.86. The number of hydrogen-bond acceptors (Lipinski definition) is 4. The molecule has 23 heavy (non-hydrogen) atoms. The molecule has 4 heteroatoms. The van der Waals surface area contributed by atoms with Crippen LogP contribution < -0.4 is 5.63 Å². The van der Waals surface area contributed by atoms with Crippen molar-refractivity contribution < 1.29 is 13.6 Å². The van der Waals surface area contributed by atoms with Gasteiger partial charge in [-0.2, -0.15) is 0 Å². The van der Waals surface area contributed by atoms with Crippen molar-refractivity contribution in [2.75, 3.05) is 7.11 Å². The molecule has 2 aromatic heterocycles. The van der Waals surface area contributed by atoms with Gasteiger partial charge in [0.25, 0.3) is 0 Å². The monoisotopic (exact) mass is 306 g/mol. The van der Waals surface area contributed by atoms with Gasteiger partial charge >= 0.3 is 5.63 Å². The molecule has 2 aromatic carbocycles. The first-order valence-electron chi connectivity index (χ1n) is 7.28. The third-order valence-corrected chi connectivity index (χ3v) is 3.91. The topological polar surface area (TPSA) is 52.6 Å². The smallest absolute Gasteiger partial charge is 0.336 e. The van der Waals surface area contributed by atoms with Crippen LogP contribution in [0, 0.1) is 0 Å². The van der Waals surface area contributed by atoms with E-state index in [0.717, 1.165) is 27.5 Å². The van der Waals surface area contributed by atoms with E-state index >= 15 is 0 Å². The van der Waals surface area contributed by atoms with Crippen LogP contribution in [0.3, 0.4) is 0 Å². The quantitative estimate of drug-likeness (QED) is 0.528. The SMILES string of the molecule is COCc1cc(=O)oc2cc3occ(-c4ccccc4)c3cc12. The Labute approximate surface area is 131 Å². The fraction of sp³-hybridized carbons (Fsp3) is 0.105. The van der Waals surface area contributed by atoms with Crippen LogP contribution in [-0.2, 0) is 11.3 Å². The standard InChI is InChI=1S/C19H14O4/c1-21-10-13-7-19(20)23-18-9-17-15(8-14(13)18)16(11-22-17)12-5-3-2-4-6-12/h2-9,11H,10H2,1H3. The van der Waals surface area contributed by atoms with Crippen LogP contribution in [0.4, 0.5) is 0 Å². The Kier molecular flexibility index (Phi) is 3.24. The number of ether oxygens (including phenoxy) is 1. The zero-order valence-corrected chi connectivity index (χ0v) is 12.5. The lowest BCUT2D eigenvalue weighted by molar-refractivity contribution is 0.185. The van der Waals surface area contributed by atoms with E-state index in [1.807, 2.05) is 36.4 Å². The van der Waals surface area contributed by atoms with Crippen LogP contribution in [0.5, 0.6) is 0 Å². The summed E-state index contributed by atoms with van der Waals surface area (Å²) in [6.45, 7) is 0.353. The summed E-state index contributed by atoms with van der Waals surface area (Å²) in [4.78, 5) is 11.7. The minimum atomic E-state index is -0.390. The highest BCUT2D eigenvalue weighted by Crippen LogP contribution is 2.34. The molecule has 0 aliphatic carbocycles. The number of hydrogen-bond donors (Lipinski definition) is 0. The molecule has 0 aliphatic heterocycles. The van der Waals surface area contributed by atoms with Gasteiger partial charge in [-0.1, -0.05) is 30.3 Å². The summed E-state index contributed by atoms with van der Waals surface area (Å²) >= 11 is 0. The molecular formula is C19H14O4. The van der Waals surface area contributed by atoms with Gasteiger partial charge in [0.1, 0.15) is 11.2 Å².